The van der Waals surface area contributed by atoms with E-state index in [4.69, 9.17) is 5.73 Å². The normalized spacial score (nSPS) is 10.4. The summed E-state index contributed by atoms with van der Waals surface area (Å²) in [5.41, 5.74) is 5.68. The van der Waals surface area contributed by atoms with E-state index in [1.54, 1.807) is 14.1 Å². The molecule has 0 bridgehead atoms. The largest absolute Gasteiger partial charge is 0.382 e. The van der Waals surface area contributed by atoms with E-state index in [1.807, 2.05) is 13.8 Å². The van der Waals surface area contributed by atoms with Gasteiger partial charge in [0, 0.05) is 20.1 Å². The molecule has 0 aliphatic rings. The Kier molecular flexibility index (Phi) is 5.11. The molecule has 0 aromatic carbocycles. The average molecular weight is 285 g/mol. The zero-order valence-corrected chi connectivity index (χ0v) is 12.3. The SMILES string of the molecule is CNc1nc(N)c(C(=O)N(C)CC(=O)NC(C)C)s1. The number of nitrogens with one attached hydrogen (secondary N) is 2. The predicted octanol–water partition coefficient (Wildman–Crippen LogP) is 0.364. The van der Waals surface area contributed by atoms with Crippen molar-refractivity contribution in [2.75, 3.05) is 31.7 Å². The van der Waals surface area contributed by atoms with Gasteiger partial charge in [-0.25, -0.2) is 4.98 Å². The molecule has 0 radical (unpaired) electrons. The molecule has 0 atom stereocenters. The summed E-state index contributed by atoms with van der Waals surface area (Å²) < 4.78 is 0. The summed E-state index contributed by atoms with van der Waals surface area (Å²) in [5.74, 6) is -0.339. The molecular weight excluding hydrogens is 266 g/mol. The first-order valence-electron chi connectivity index (χ1n) is 5.84. The molecule has 1 heterocycles. The number of thiazole rings is 1. The molecule has 0 saturated carbocycles. The van der Waals surface area contributed by atoms with E-state index in [2.05, 4.69) is 15.6 Å². The summed E-state index contributed by atoms with van der Waals surface area (Å²) in [6.45, 7) is 3.71. The second kappa shape index (κ2) is 6.37. The second-order valence-electron chi connectivity index (χ2n) is 4.37. The number of carbonyl (C=O) groups excluding carboxylic acids is 2. The van der Waals surface area contributed by atoms with Gasteiger partial charge in [-0.3, -0.25) is 9.59 Å². The number of hydrogen-bond acceptors (Lipinski definition) is 6. The van der Waals surface area contributed by atoms with Gasteiger partial charge in [0.2, 0.25) is 5.91 Å². The van der Waals surface area contributed by atoms with Crippen molar-refractivity contribution >= 4 is 34.1 Å². The van der Waals surface area contributed by atoms with Gasteiger partial charge in [0.25, 0.3) is 5.91 Å². The van der Waals surface area contributed by atoms with Crippen LogP contribution in [0.1, 0.15) is 23.5 Å². The van der Waals surface area contributed by atoms with Crippen LogP contribution in [0, 0.1) is 0 Å². The van der Waals surface area contributed by atoms with Gasteiger partial charge in [-0.2, -0.15) is 0 Å². The molecule has 0 spiro atoms. The van der Waals surface area contributed by atoms with Crippen LogP contribution in [0.4, 0.5) is 10.9 Å². The van der Waals surface area contributed by atoms with Crippen molar-refractivity contribution in [3.63, 3.8) is 0 Å². The zero-order valence-electron chi connectivity index (χ0n) is 11.5. The Morgan fingerprint density at radius 1 is 1.47 bits per heavy atom. The van der Waals surface area contributed by atoms with Crippen molar-refractivity contribution in [3.8, 4) is 0 Å². The van der Waals surface area contributed by atoms with Crippen LogP contribution in [0.15, 0.2) is 0 Å². The van der Waals surface area contributed by atoms with Crippen LogP contribution in [-0.4, -0.2) is 48.4 Å². The van der Waals surface area contributed by atoms with Crippen LogP contribution in [0.2, 0.25) is 0 Å². The third-order valence-electron chi connectivity index (χ3n) is 2.24. The van der Waals surface area contributed by atoms with E-state index >= 15 is 0 Å². The highest BCUT2D eigenvalue weighted by atomic mass is 32.1. The highest BCUT2D eigenvalue weighted by Gasteiger charge is 2.21. The monoisotopic (exact) mass is 285 g/mol. The van der Waals surface area contributed by atoms with E-state index in [-0.39, 0.29) is 30.2 Å². The minimum Gasteiger partial charge on any atom is -0.382 e. The Morgan fingerprint density at radius 3 is 2.58 bits per heavy atom. The smallest absolute Gasteiger partial charge is 0.268 e. The fourth-order valence-corrected chi connectivity index (χ4v) is 2.25. The molecule has 8 heteroatoms. The van der Waals surface area contributed by atoms with Crippen molar-refractivity contribution in [1.29, 1.82) is 0 Å². The predicted molar refractivity (Wildman–Crippen MR) is 76.3 cm³/mol. The number of nitrogens with zero attached hydrogens (tertiary/aromatic N) is 2. The molecule has 0 aliphatic carbocycles. The quantitative estimate of drug-likeness (QED) is 0.725. The molecule has 2 amide bonds. The summed E-state index contributed by atoms with van der Waals surface area (Å²) in [6, 6.07) is 0.0420. The molecule has 0 aliphatic heterocycles. The summed E-state index contributed by atoms with van der Waals surface area (Å²) in [4.78, 5) is 29.4. The number of hydrogen-bond donors (Lipinski definition) is 3. The van der Waals surface area contributed by atoms with Crippen molar-refractivity contribution in [1.82, 2.24) is 15.2 Å². The standard InChI is InChI=1S/C11H19N5O2S/c1-6(2)14-7(17)5-16(4)10(18)8-9(12)15-11(13-3)19-8/h6H,5,12H2,1-4H3,(H,13,15)(H,14,17). The Bertz CT molecular complexity index is 472. The van der Waals surface area contributed by atoms with Crippen LogP contribution in [0.5, 0.6) is 0 Å². The Labute approximate surface area is 116 Å². The molecule has 1 rings (SSSR count). The van der Waals surface area contributed by atoms with Crippen molar-refractivity contribution in [3.05, 3.63) is 4.88 Å². The lowest BCUT2D eigenvalue weighted by Gasteiger charge is -2.17. The fraction of sp³-hybridized carbons (Fsp3) is 0.545. The molecule has 1 aromatic heterocycles. The van der Waals surface area contributed by atoms with Crippen LogP contribution in [0.25, 0.3) is 0 Å². The first-order valence-corrected chi connectivity index (χ1v) is 6.65. The number of rotatable bonds is 5. The number of nitrogen functional groups attached to an aromatic ring is 1. The number of nitrogens with two attached hydrogens (primary N) is 1. The summed E-state index contributed by atoms with van der Waals surface area (Å²) >= 11 is 1.17. The molecule has 19 heavy (non-hydrogen) atoms. The summed E-state index contributed by atoms with van der Waals surface area (Å²) in [7, 11) is 3.26. The molecule has 7 nitrogen and oxygen atoms in total. The second-order valence-corrected chi connectivity index (χ2v) is 5.37. The van der Waals surface area contributed by atoms with Gasteiger partial charge in [-0.15, -0.1) is 0 Å². The van der Waals surface area contributed by atoms with E-state index in [9.17, 15) is 9.59 Å². The Hall–Kier alpha value is -1.83. The number of carbonyl (C=O) groups is 2. The average Bonchev–Trinajstić information content (AvgIpc) is 2.68. The van der Waals surface area contributed by atoms with E-state index in [1.165, 1.54) is 16.2 Å². The van der Waals surface area contributed by atoms with Crippen molar-refractivity contribution in [2.24, 2.45) is 0 Å². The minimum atomic E-state index is -0.310. The summed E-state index contributed by atoms with van der Waals surface area (Å²) in [5, 5.41) is 6.12. The number of likely N-dealkylation sites (N-methyl/N-ethyl adjacent to an activating group) is 1. The maximum absolute atomic E-state index is 12.1. The first-order chi connectivity index (χ1) is 8.85. The maximum Gasteiger partial charge on any atom is 0.268 e. The van der Waals surface area contributed by atoms with E-state index < -0.39 is 0 Å². The van der Waals surface area contributed by atoms with Crippen LogP contribution < -0.4 is 16.4 Å². The molecule has 0 fully saturated rings. The molecule has 106 valence electrons. The lowest BCUT2D eigenvalue weighted by Crippen LogP contribution is -2.40. The van der Waals surface area contributed by atoms with Crippen molar-refractivity contribution < 1.29 is 9.59 Å². The molecule has 1 aromatic rings. The van der Waals surface area contributed by atoms with Gasteiger partial charge in [0.15, 0.2) is 5.13 Å². The number of anilines is 2. The fourth-order valence-electron chi connectivity index (χ4n) is 1.42. The molecule has 0 saturated heterocycles. The van der Waals surface area contributed by atoms with Crippen LogP contribution >= 0.6 is 11.3 Å². The topological polar surface area (TPSA) is 100 Å². The number of amides is 2. The Balaban J connectivity index is 2.71. The number of aromatic nitrogens is 1. The van der Waals surface area contributed by atoms with Crippen LogP contribution in [-0.2, 0) is 4.79 Å². The summed E-state index contributed by atoms with van der Waals surface area (Å²) in [6.07, 6.45) is 0. The highest BCUT2D eigenvalue weighted by molar-refractivity contribution is 7.18. The van der Waals surface area contributed by atoms with E-state index in [0.29, 0.717) is 10.0 Å². The lowest BCUT2D eigenvalue weighted by molar-refractivity contribution is -0.122. The van der Waals surface area contributed by atoms with Crippen LogP contribution in [0.3, 0.4) is 0 Å². The Morgan fingerprint density at radius 2 is 2.11 bits per heavy atom. The highest BCUT2D eigenvalue weighted by Crippen LogP contribution is 2.25. The minimum absolute atomic E-state index is 0.0107. The van der Waals surface area contributed by atoms with Gasteiger partial charge < -0.3 is 21.3 Å². The molecule has 4 N–H and O–H groups in total. The van der Waals surface area contributed by atoms with Gasteiger partial charge in [0.05, 0.1) is 6.54 Å². The van der Waals surface area contributed by atoms with Gasteiger partial charge in [-0.1, -0.05) is 11.3 Å². The molecular formula is C11H19N5O2S. The third-order valence-corrected chi connectivity index (χ3v) is 3.32. The van der Waals surface area contributed by atoms with Crippen molar-refractivity contribution in [2.45, 2.75) is 19.9 Å². The van der Waals surface area contributed by atoms with Gasteiger partial charge in [0.1, 0.15) is 10.7 Å². The third kappa shape index (κ3) is 4.09. The lowest BCUT2D eigenvalue weighted by atomic mass is 10.3. The van der Waals surface area contributed by atoms with Gasteiger partial charge >= 0.3 is 0 Å². The first kappa shape index (κ1) is 15.2. The maximum atomic E-state index is 12.1. The van der Waals surface area contributed by atoms with E-state index in [0.717, 1.165) is 0 Å². The molecule has 0 unspecified atom stereocenters. The van der Waals surface area contributed by atoms with Gasteiger partial charge in [-0.05, 0) is 13.8 Å². The zero-order chi connectivity index (χ0) is 14.6.